The summed E-state index contributed by atoms with van der Waals surface area (Å²) in [4.78, 5) is 12.2. The van der Waals surface area contributed by atoms with Gasteiger partial charge in [-0.3, -0.25) is 4.79 Å². The first-order valence-electron chi connectivity index (χ1n) is 7.00. The minimum absolute atomic E-state index is 0.262. The van der Waals surface area contributed by atoms with Crippen molar-refractivity contribution < 1.29 is 9.90 Å². The van der Waals surface area contributed by atoms with Gasteiger partial charge in [-0.25, -0.2) is 0 Å². The first-order valence-corrected chi connectivity index (χ1v) is 7.00. The van der Waals surface area contributed by atoms with Crippen molar-refractivity contribution in [3.63, 3.8) is 0 Å². The molecule has 104 valence electrons. The zero-order valence-corrected chi connectivity index (χ0v) is 11.9. The van der Waals surface area contributed by atoms with Crippen molar-refractivity contribution in [2.24, 2.45) is 0 Å². The Morgan fingerprint density at radius 2 is 1.55 bits per heavy atom. The molecule has 2 heteroatoms. The molecular weight excluding hydrogens is 248 g/mol. The third kappa shape index (κ3) is 3.14. The second-order valence-electron chi connectivity index (χ2n) is 5.11. The fourth-order valence-electron chi connectivity index (χ4n) is 2.15. The fraction of sp³-hybridized carbons (Fsp3) is 0.278. The van der Waals surface area contributed by atoms with Gasteiger partial charge in [0.1, 0.15) is 6.10 Å². The molecular formula is C18H20O2. The predicted octanol–water partition coefficient (Wildman–Crippen LogP) is 4.12. The smallest absolute Gasteiger partial charge is 0.195 e. The Hall–Kier alpha value is -1.93. The van der Waals surface area contributed by atoms with Crippen LogP contribution >= 0.6 is 0 Å². The third-order valence-corrected chi connectivity index (χ3v) is 3.74. The number of carbonyl (C=O) groups excluding carboxylic acids is 1. The average molecular weight is 268 g/mol. The quantitative estimate of drug-likeness (QED) is 0.828. The highest BCUT2D eigenvalue weighted by Gasteiger charge is 2.18. The molecule has 2 aromatic carbocycles. The van der Waals surface area contributed by atoms with Crippen molar-refractivity contribution in [3.8, 4) is 0 Å². The molecule has 2 rings (SSSR count). The van der Waals surface area contributed by atoms with Crippen LogP contribution in [0.25, 0.3) is 0 Å². The summed E-state index contributed by atoms with van der Waals surface area (Å²) in [5.74, 6) is 0.230. The molecule has 0 saturated carbocycles. The van der Waals surface area contributed by atoms with Gasteiger partial charge in [-0.1, -0.05) is 68.4 Å². The maximum Gasteiger partial charge on any atom is 0.195 e. The summed E-state index contributed by atoms with van der Waals surface area (Å²) in [5, 5.41) is 10.2. The lowest BCUT2D eigenvalue weighted by atomic mass is 9.94. The van der Waals surface area contributed by atoms with Gasteiger partial charge in [0.25, 0.3) is 0 Å². The predicted molar refractivity (Wildman–Crippen MR) is 80.9 cm³/mol. The first-order chi connectivity index (χ1) is 9.63. The number of aliphatic hydroxyl groups is 1. The summed E-state index contributed by atoms with van der Waals surface area (Å²) in [6.45, 7) is 4.31. The van der Waals surface area contributed by atoms with Gasteiger partial charge in [-0.2, -0.15) is 0 Å². The molecule has 0 saturated heterocycles. The number of benzene rings is 2. The van der Waals surface area contributed by atoms with Gasteiger partial charge in [0.2, 0.25) is 0 Å². The van der Waals surface area contributed by atoms with Crippen LogP contribution in [0, 0.1) is 0 Å². The lowest BCUT2D eigenvalue weighted by molar-refractivity contribution is 0.0747. The summed E-state index contributed by atoms with van der Waals surface area (Å²) in [6.07, 6.45) is -0.0198. The van der Waals surface area contributed by atoms with Crippen molar-refractivity contribution >= 4 is 5.78 Å². The first kappa shape index (κ1) is 14.5. The monoisotopic (exact) mass is 268 g/mol. The number of ketones is 1. The lowest BCUT2D eigenvalue weighted by Crippen LogP contribution is -2.12. The van der Waals surface area contributed by atoms with E-state index in [0.717, 1.165) is 6.42 Å². The normalized spacial score (nSPS) is 13.8. The molecule has 0 aliphatic heterocycles. The van der Waals surface area contributed by atoms with E-state index in [1.165, 1.54) is 5.56 Å². The van der Waals surface area contributed by atoms with Crippen LogP contribution in [0.1, 0.15) is 53.8 Å². The molecule has 2 aromatic rings. The van der Waals surface area contributed by atoms with E-state index < -0.39 is 6.10 Å². The average Bonchev–Trinajstić information content (AvgIpc) is 2.53. The van der Waals surface area contributed by atoms with E-state index in [2.05, 4.69) is 13.8 Å². The Balaban J connectivity index is 2.17. The lowest BCUT2D eigenvalue weighted by Gasteiger charge is -2.13. The highest BCUT2D eigenvalue weighted by atomic mass is 16.3. The number of hydrogen-bond donors (Lipinski definition) is 1. The molecule has 0 fully saturated rings. The zero-order chi connectivity index (χ0) is 14.5. The van der Waals surface area contributed by atoms with Crippen molar-refractivity contribution in [1.29, 1.82) is 0 Å². The van der Waals surface area contributed by atoms with Crippen LogP contribution in [0.15, 0.2) is 54.6 Å². The summed E-state index contributed by atoms with van der Waals surface area (Å²) in [7, 11) is 0. The molecule has 2 nitrogen and oxygen atoms in total. The minimum atomic E-state index is -1.09. The minimum Gasteiger partial charge on any atom is -0.380 e. The van der Waals surface area contributed by atoms with E-state index in [1.807, 2.05) is 30.3 Å². The van der Waals surface area contributed by atoms with E-state index in [9.17, 15) is 9.90 Å². The van der Waals surface area contributed by atoms with Crippen LogP contribution in [0.4, 0.5) is 0 Å². The molecule has 0 aliphatic carbocycles. The maximum atomic E-state index is 12.2. The molecule has 20 heavy (non-hydrogen) atoms. The Bertz CT molecular complexity index is 558. The standard InChI is InChI=1S/C18H20O2/c1-3-13(2)14-9-11-16(12-10-14)18(20)17(19)15-7-5-4-6-8-15/h4-13,18,20H,3H2,1-2H3. The van der Waals surface area contributed by atoms with Crippen LogP contribution in [-0.4, -0.2) is 10.9 Å². The van der Waals surface area contributed by atoms with Crippen molar-refractivity contribution in [1.82, 2.24) is 0 Å². The third-order valence-electron chi connectivity index (χ3n) is 3.74. The summed E-state index contributed by atoms with van der Waals surface area (Å²) in [6, 6.07) is 16.6. The second-order valence-corrected chi connectivity index (χ2v) is 5.11. The van der Waals surface area contributed by atoms with E-state index in [-0.39, 0.29) is 5.78 Å². The number of rotatable bonds is 5. The Labute approximate surface area is 120 Å². The molecule has 2 unspecified atom stereocenters. The van der Waals surface area contributed by atoms with Crippen LogP contribution in [0.2, 0.25) is 0 Å². The Morgan fingerprint density at radius 1 is 1.00 bits per heavy atom. The molecule has 0 aromatic heterocycles. The van der Waals surface area contributed by atoms with Crippen molar-refractivity contribution in [3.05, 3.63) is 71.3 Å². The second kappa shape index (κ2) is 6.49. The Morgan fingerprint density at radius 3 is 2.10 bits per heavy atom. The maximum absolute atomic E-state index is 12.2. The Kier molecular flexibility index (Phi) is 4.70. The summed E-state index contributed by atoms with van der Waals surface area (Å²) in [5.41, 5.74) is 2.41. The van der Waals surface area contributed by atoms with Gasteiger partial charge in [-0.15, -0.1) is 0 Å². The van der Waals surface area contributed by atoms with Gasteiger partial charge in [-0.05, 0) is 23.5 Å². The number of hydrogen-bond acceptors (Lipinski definition) is 2. The molecule has 0 spiro atoms. The van der Waals surface area contributed by atoms with E-state index in [4.69, 9.17) is 0 Å². The van der Waals surface area contributed by atoms with E-state index in [0.29, 0.717) is 17.0 Å². The van der Waals surface area contributed by atoms with Crippen molar-refractivity contribution in [2.75, 3.05) is 0 Å². The molecule has 0 heterocycles. The topological polar surface area (TPSA) is 37.3 Å². The molecule has 0 aliphatic rings. The van der Waals surface area contributed by atoms with Crippen LogP contribution in [0.5, 0.6) is 0 Å². The van der Waals surface area contributed by atoms with E-state index in [1.54, 1.807) is 24.3 Å². The van der Waals surface area contributed by atoms with E-state index >= 15 is 0 Å². The van der Waals surface area contributed by atoms with Gasteiger partial charge < -0.3 is 5.11 Å². The molecule has 0 amide bonds. The number of carbonyl (C=O) groups is 1. The molecule has 0 radical (unpaired) electrons. The van der Waals surface area contributed by atoms with Gasteiger partial charge >= 0.3 is 0 Å². The number of aliphatic hydroxyl groups excluding tert-OH is 1. The fourth-order valence-corrected chi connectivity index (χ4v) is 2.15. The molecule has 1 N–H and O–H groups in total. The van der Waals surface area contributed by atoms with Gasteiger partial charge in [0, 0.05) is 5.56 Å². The van der Waals surface area contributed by atoms with Crippen LogP contribution < -0.4 is 0 Å². The van der Waals surface area contributed by atoms with Crippen LogP contribution in [-0.2, 0) is 0 Å². The zero-order valence-electron chi connectivity index (χ0n) is 11.9. The largest absolute Gasteiger partial charge is 0.380 e. The van der Waals surface area contributed by atoms with Gasteiger partial charge in [0.05, 0.1) is 0 Å². The molecule has 0 bridgehead atoms. The number of Topliss-reactive ketones (excluding diaryl/α,β-unsaturated/α-hetero) is 1. The summed E-state index contributed by atoms with van der Waals surface area (Å²) >= 11 is 0. The highest BCUT2D eigenvalue weighted by Crippen LogP contribution is 2.23. The SMILES string of the molecule is CCC(C)c1ccc(C(O)C(=O)c2ccccc2)cc1. The highest BCUT2D eigenvalue weighted by molar-refractivity contribution is 5.99. The summed E-state index contributed by atoms with van der Waals surface area (Å²) < 4.78 is 0. The molecule has 2 atom stereocenters. The van der Waals surface area contributed by atoms with Crippen molar-refractivity contribution in [2.45, 2.75) is 32.3 Å². The van der Waals surface area contributed by atoms with Crippen LogP contribution in [0.3, 0.4) is 0 Å². The van der Waals surface area contributed by atoms with Gasteiger partial charge in [0.15, 0.2) is 5.78 Å².